The van der Waals surface area contributed by atoms with Gasteiger partial charge in [-0.3, -0.25) is 9.59 Å². The van der Waals surface area contributed by atoms with E-state index < -0.39 is 0 Å². The molecule has 0 aromatic heterocycles. The van der Waals surface area contributed by atoms with Crippen molar-refractivity contribution in [2.45, 2.75) is 27.7 Å². The fourth-order valence-electron chi connectivity index (χ4n) is 2.53. The van der Waals surface area contributed by atoms with Crippen molar-refractivity contribution in [1.29, 1.82) is 0 Å². The van der Waals surface area contributed by atoms with Gasteiger partial charge < -0.3 is 15.1 Å². The lowest BCUT2D eigenvalue weighted by Crippen LogP contribution is -3.11. The van der Waals surface area contributed by atoms with E-state index in [2.05, 4.69) is 11.4 Å². The van der Waals surface area contributed by atoms with Crippen LogP contribution in [0, 0.1) is 13.8 Å². The van der Waals surface area contributed by atoms with Crippen molar-refractivity contribution in [2.75, 3.05) is 38.5 Å². The molecule has 2 amide bonds. The lowest BCUT2D eigenvalue weighted by atomic mass is 10.1. The molecule has 1 aromatic rings. The maximum atomic E-state index is 12.1. The number of anilines is 1. The molecule has 5 heteroatoms. The number of likely N-dealkylation sites (N-methyl/N-ethyl adjacent to an activating group) is 2. The van der Waals surface area contributed by atoms with Crippen LogP contribution in [0.3, 0.4) is 0 Å². The summed E-state index contributed by atoms with van der Waals surface area (Å²) in [6, 6.07) is 5.96. The predicted molar refractivity (Wildman–Crippen MR) is 89.1 cm³/mol. The normalized spacial score (nSPS) is 11.9. The lowest BCUT2D eigenvalue weighted by Gasteiger charge is -2.21. The van der Waals surface area contributed by atoms with Gasteiger partial charge in [-0.2, -0.15) is 0 Å². The zero-order valence-corrected chi connectivity index (χ0v) is 14.3. The average molecular weight is 306 g/mol. The maximum Gasteiger partial charge on any atom is 0.279 e. The molecule has 0 saturated heterocycles. The smallest absolute Gasteiger partial charge is 0.279 e. The highest BCUT2D eigenvalue weighted by atomic mass is 16.2. The Morgan fingerprint density at radius 2 is 1.59 bits per heavy atom. The molecule has 0 fully saturated rings. The van der Waals surface area contributed by atoms with Crippen molar-refractivity contribution in [2.24, 2.45) is 0 Å². The molecule has 0 aliphatic carbocycles. The van der Waals surface area contributed by atoms with E-state index in [0.29, 0.717) is 19.6 Å². The van der Waals surface area contributed by atoms with Crippen molar-refractivity contribution in [3.05, 3.63) is 29.3 Å². The molecular weight excluding hydrogens is 278 g/mol. The number of carbonyl (C=O) groups is 2. The minimum absolute atomic E-state index is 0.0742. The summed E-state index contributed by atoms with van der Waals surface area (Å²) in [5.74, 6) is 0.0107. The Morgan fingerprint density at radius 3 is 2.09 bits per heavy atom. The van der Waals surface area contributed by atoms with E-state index in [1.807, 2.05) is 46.9 Å². The van der Waals surface area contributed by atoms with Crippen molar-refractivity contribution in [3.8, 4) is 0 Å². The van der Waals surface area contributed by atoms with Crippen LogP contribution >= 0.6 is 0 Å². The first-order valence-electron chi connectivity index (χ1n) is 7.82. The number of nitrogens with one attached hydrogen (secondary N) is 2. The molecule has 0 aliphatic rings. The second kappa shape index (κ2) is 8.54. The Balaban J connectivity index is 2.52. The SMILES string of the molecule is CCN(CC)C(=O)C[NH+](C)CC(=O)Nc1cc(C)cc(C)c1. The molecular formula is C17H28N3O2+. The predicted octanol–water partition coefficient (Wildman–Crippen LogP) is 0.625. The van der Waals surface area contributed by atoms with Gasteiger partial charge in [0.2, 0.25) is 0 Å². The number of rotatable bonds is 7. The van der Waals surface area contributed by atoms with Crippen molar-refractivity contribution in [3.63, 3.8) is 0 Å². The second-order valence-electron chi connectivity index (χ2n) is 5.80. The minimum Gasteiger partial charge on any atom is -0.338 e. The molecule has 0 heterocycles. The fourth-order valence-corrected chi connectivity index (χ4v) is 2.53. The summed E-state index contributed by atoms with van der Waals surface area (Å²) in [5.41, 5.74) is 3.05. The van der Waals surface area contributed by atoms with Gasteiger partial charge in [0.25, 0.3) is 11.8 Å². The Morgan fingerprint density at radius 1 is 1.05 bits per heavy atom. The van der Waals surface area contributed by atoms with E-state index in [1.54, 1.807) is 4.90 Å². The van der Waals surface area contributed by atoms with Crippen molar-refractivity contribution < 1.29 is 14.5 Å². The summed E-state index contributed by atoms with van der Waals surface area (Å²) >= 11 is 0. The summed E-state index contributed by atoms with van der Waals surface area (Å²) in [6.07, 6.45) is 0. The number of quaternary nitrogens is 1. The number of hydrogen-bond donors (Lipinski definition) is 2. The van der Waals surface area contributed by atoms with Gasteiger partial charge >= 0.3 is 0 Å². The van der Waals surface area contributed by atoms with Crippen LogP contribution in [0.1, 0.15) is 25.0 Å². The van der Waals surface area contributed by atoms with E-state index in [4.69, 9.17) is 0 Å². The molecule has 0 saturated carbocycles. The van der Waals surface area contributed by atoms with E-state index in [0.717, 1.165) is 21.7 Å². The lowest BCUT2D eigenvalue weighted by molar-refractivity contribution is -0.862. The molecule has 1 aromatic carbocycles. The Labute approximate surface area is 133 Å². The van der Waals surface area contributed by atoms with Crippen LogP contribution in [-0.2, 0) is 9.59 Å². The van der Waals surface area contributed by atoms with Gasteiger partial charge in [-0.1, -0.05) is 6.07 Å². The van der Waals surface area contributed by atoms with Crippen LogP contribution < -0.4 is 10.2 Å². The summed E-state index contributed by atoms with van der Waals surface area (Å²) < 4.78 is 0. The first-order chi connectivity index (χ1) is 10.3. The summed E-state index contributed by atoms with van der Waals surface area (Å²) in [7, 11) is 1.86. The van der Waals surface area contributed by atoms with Crippen LogP contribution in [-0.4, -0.2) is 49.9 Å². The largest absolute Gasteiger partial charge is 0.338 e. The van der Waals surface area contributed by atoms with Gasteiger partial charge in [-0.25, -0.2) is 0 Å². The highest BCUT2D eigenvalue weighted by molar-refractivity contribution is 5.91. The Bertz CT molecular complexity index is 504. The number of hydrogen-bond acceptors (Lipinski definition) is 2. The van der Waals surface area contributed by atoms with Gasteiger partial charge in [0.05, 0.1) is 7.05 Å². The van der Waals surface area contributed by atoms with Crippen LogP contribution in [0.4, 0.5) is 5.69 Å². The summed E-state index contributed by atoms with van der Waals surface area (Å²) in [6.45, 7) is 9.95. The van der Waals surface area contributed by atoms with E-state index in [-0.39, 0.29) is 18.4 Å². The second-order valence-corrected chi connectivity index (χ2v) is 5.80. The number of benzene rings is 1. The quantitative estimate of drug-likeness (QED) is 0.776. The molecule has 2 N–H and O–H groups in total. The number of nitrogens with zero attached hydrogens (tertiary/aromatic N) is 1. The van der Waals surface area contributed by atoms with Crippen LogP contribution in [0.2, 0.25) is 0 Å². The van der Waals surface area contributed by atoms with E-state index >= 15 is 0 Å². The van der Waals surface area contributed by atoms with Gasteiger partial charge in [0.1, 0.15) is 0 Å². The average Bonchev–Trinajstić information content (AvgIpc) is 2.37. The van der Waals surface area contributed by atoms with Gasteiger partial charge in [-0.15, -0.1) is 0 Å². The third-order valence-electron chi connectivity index (χ3n) is 3.54. The van der Waals surface area contributed by atoms with Gasteiger partial charge in [-0.05, 0) is 51.0 Å². The molecule has 1 atom stereocenters. The number of carbonyl (C=O) groups excluding carboxylic acids is 2. The van der Waals surface area contributed by atoms with Crippen molar-refractivity contribution >= 4 is 17.5 Å². The van der Waals surface area contributed by atoms with Crippen LogP contribution in [0.15, 0.2) is 18.2 Å². The minimum atomic E-state index is -0.0742. The zero-order chi connectivity index (χ0) is 16.7. The molecule has 0 aliphatic heterocycles. The topological polar surface area (TPSA) is 53.9 Å². The zero-order valence-electron chi connectivity index (χ0n) is 14.3. The van der Waals surface area contributed by atoms with Gasteiger partial charge in [0.15, 0.2) is 13.1 Å². The van der Waals surface area contributed by atoms with Crippen molar-refractivity contribution in [1.82, 2.24) is 4.90 Å². The molecule has 122 valence electrons. The molecule has 22 heavy (non-hydrogen) atoms. The Kier molecular flexibility index (Phi) is 7.05. The third-order valence-corrected chi connectivity index (χ3v) is 3.54. The molecule has 0 spiro atoms. The molecule has 0 bridgehead atoms. The highest BCUT2D eigenvalue weighted by Gasteiger charge is 2.17. The van der Waals surface area contributed by atoms with Crippen LogP contribution in [0.5, 0.6) is 0 Å². The summed E-state index contributed by atoms with van der Waals surface area (Å²) in [5, 5.41) is 2.90. The highest BCUT2D eigenvalue weighted by Crippen LogP contribution is 2.13. The summed E-state index contributed by atoms with van der Waals surface area (Å²) in [4.78, 5) is 26.8. The first kappa shape index (κ1) is 18.2. The van der Waals surface area contributed by atoms with Gasteiger partial charge in [0, 0.05) is 18.8 Å². The Hall–Kier alpha value is -1.88. The first-order valence-corrected chi connectivity index (χ1v) is 7.82. The maximum absolute atomic E-state index is 12.1. The molecule has 5 nitrogen and oxygen atoms in total. The molecule has 1 unspecified atom stereocenters. The number of amides is 2. The molecule has 1 rings (SSSR count). The third kappa shape index (κ3) is 5.85. The molecule has 0 radical (unpaired) electrons. The fraction of sp³-hybridized carbons (Fsp3) is 0.529. The van der Waals surface area contributed by atoms with E-state index in [9.17, 15) is 9.59 Å². The van der Waals surface area contributed by atoms with E-state index in [1.165, 1.54) is 0 Å². The van der Waals surface area contributed by atoms with Crippen LogP contribution in [0.25, 0.3) is 0 Å². The monoisotopic (exact) mass is 306 g/mol. The number of aryl methyl sites for hydroxylation is 2. The standard InChI is InChI=1S/C17H27N3O2/c1-6-20(7-2)17(22)12-19(5)11-16(21)18-15-9-13(3)8-14(4)10-15/h8-10H,6-7,11-12H2,1-5H3,(H,18,21)/p+1.